The van der Waals surface area contributed by atoms with Gasteiger partial charge >= 0.3 is 5.97 Å². The number of hydrogen-bond acceptors (Lipinski definition) is 6. The van der Waals surface area contributed by atoms with Gasteiger partial charge in [-0.1, -0.05) is 12.1 Å². The molecule has 0 saturated heterocycles. The van der Waals surface area contributed by atoms with Crippen molar-refractivity contribution in [3.05, 3.63) is 41.2 Å². The first kappa shape index (κ1) is 15.9. The number of aryl methyl sites for hydroxylation is 1. The van der Waals surface area contributed by atoms with Crippen LogP contribution in [0.4, 0.5) is 5.95 Å². The molecule has 1 aliphatic heterocycles. The number of carbonyl (C=O) groups excluding carboxylic acids is 1. The fourth-order valence-electron chi connectivity index (χ4n) is 2.90. The van der Waals surface area contributed by atoms with E-state index in [2.05, 4.69) is 21.1 Å². The highest BCUT2D eigenvalue weighted by Crippen LogP contribution is 2.36. The van der Waals surface area contributed by atoms with E-state index in [9.17, 15) is 4.79 Å². The summed E-state index contributed by atoms with van der Waals surface area (Å²) in [6.45, 7) is 5.65. The minimum Gasteiger partial charge on any atom is -0.465 e. The number of nitriles is 1. The van der Waals surface area contributed by atoms with E-state index in [4.69, 9.17) is 10.00 Å². The Morgan fingerprint density at radius 3 is 2.67 bits per heavy atom. The maximum absolute atomic E-state index is 12.5. The molecular formula is C17H17N5O2. The lowest BCUT2D eigenvalue weighted by Gasteiger charge is -2.29. The third-order valence-electron chi connectivity index (χ3n) is 3.95. The Morgan fingerprint density at radius 2 is 2.04 bits per heavy atom. The molecule has 0 saturated carbocycles. The Labute approximate surface area is 139 Å². The predicted molar refractivity (Wildman–Crippen MR) is 86.9 cm³/mol. The highest BCUT2D eigenvalue weighted by Gasteiger charge is 2.39. The molecule has 122 valence electrons. The highest BCUT2D eigenvalue weighted by atomic mass is 16.5. The number of hydrogen-bond donors (Lipinski definition) is 0. The molecule has 3 rings (SSSR count). The van der Waals surface area contributed by atoms with E-state index in [1.807, 2.05) is 12.1 Å². The summed E-state index contributed by atoms with van der Waals surface area (Å²) in [7, 11) is 0. The molecule has 2 unspecified atom stereocenters. The van der Waals surface area contributed by atoms with Crippen molar-refractivity contribution < 1.29 is 9.53 Å². The van der Waals surface area contributed by atoms with Gasteiger partial charge in [0.2, 0.25) is 5.95 Å². The Hall–Kier alpha value is -3.01. The second kappa shape index (κ2) is 6.24. The summed E-state index contributed by atoms with van der Waals surface area (Å²) in [6.07, 6.45) is 0. The molecule has 24 heavy (non-hydrogen) atoms. The molecule has 7 heteroatoms. The molecule has 2 heterocycles. The van der Waals surface area contributed by atoms with Gasteiger partial charge in [0.15, 0.2) is 0 Å². The number of esters is 1. The normalized spacial score (nSPS) is 19.2. The van der Waals surface area contributed by atoms with E-state index in [1.165, 1.54) is 0 Å². The van der Waals surface area contributed by atoms with E-state index >= 15 is 0 Å². The van der Waals surface area contributed by atoms with Gasteiger partial charge in [-0.05, 0) is 38.5 Å². The van der Waals surface area contributed by atoms with Crippen LogP contribution in [0.3, 0.4) is 0 Å². The summed E-state index contributed by atoms with van der Waals surface area (Å²) in [5.41, 5.74) is 2.05. The van der Waals surface area contributed by atoms with Crippen LogP contribution < -0.4 is 0 Å². The highest BCUT2D eigenvalue weighted by molar-refractivity contribution is 6.03. The molecule has 2 aromatic rings. The summed E-state index contributed by atoms with van der Waals surface area (Å²) in [4.78, 5) is 21.2. The van der Waals surface area contributed by atoms with Crippen LogP contribution in [0.15, 0.2) is 29.3 Å². The number of fused-ring (bicyclic) bond motifs is 1. The van der Waals surface area contributed by atoms with Crippen molar-refractivity contribution in [3.8, 4) is 6.07 Å². The summed E-state index contributed by atoms with van der Waals surface area (Å²) < 4.78 is 6.89. The van der Waals surface area contributed by atoms with Crippen LogP contribution in [-0.4, -0.2) is 33.1 Å². The summed E-state index contributed by atoms with van der Waals surface area (Å²) in [5, 5.41) is 13.4. The molecule has 0 spiro atoms. The van der Waals surface area contributed by atoms with Crippen LogP contribution in [0.2, 0.25) is 0 Å². The van der Waals surface area contributed by atoms with Gasteiger partial charge in [-0.2, -0.15) is 15.3 Å². The van der Waals surface area contributed by atoms with Gasteiger partial charge < -0.3 is 4.74 Å². The minimum atomic E-state index is -0.577. The fourth-order valence-corrected chi connectivity index (χ4v) is 2.90. The first-order chi connectivity index (χ1) is 11.5. The summed E-state index contributed by atoms with van der Waals surface area (Å²) >= 11 is 0. The van der Waals surface area contributed by atoms with Crippen molar-refractivity contribution in [1.82, 2.24) is 14.8 Å². The number of aromatic nitrogens is 3. The van der Waals surface area contributed by atoms with E-state index in [1.54, 1.807) is 37.6 Å². The standard InChI is InChI=1S/C17H17N5O2/c1-4-24-16(23)14-10(2)19-17-20-11(3)21-22(17)15(14)13-7-5-12(9-18)6-8-13/h5-8,14-15H,4H2,1-3H3. The second-order valence-corrected chi connectivity index (χ2v) is 5.57. The average molecular weight is 323 g/mol. The third kappa shape index (κ3) is 2.67. The Morgan fingerprint density at radius 1 is 1.33 bits per heavy atom. The Balaban J connectivity index is 2.13. The lowest BCUT2D eigenvalue weighted by atomic mass is 9.88. The van der Waals surface area contributed by atoms with Crippen LogP contribution in [0, 0.1) is 24.2 Å². The van der Waals surface area contributed by atoms with Gasteiger partial charge in [0, 0.05) is 5.71 Å². The topological polar surface area (TPSA) is 93.2 Å². The average Bonchev–Trinajstić information content (AvgIpc) is 2.93. The van der Waals surface area contributed by atoms with Gasteiger partial charge in [-0.3, -0.25) is 4.79 Å². The SMILES string of the molecule is CCOC(=O)C1C(C)=Nc2nc(C)nn2C1c1ccc(C#N)cc1. The lowest BCUT2D eigenvalue weighted by molar-refractivity contribution is -0.146. The van der Waals surface area contributed by atoms with Crippen molar-refractivity contribution >= 4 is 17.6 Å². The minimum absolute atomic E-state index is 0.298. The monoisotopic (exact) mass is 323 g/mol. The maximum Gasteiger partial charge on any atom is 0.317 e. The number of benzene rings is 1. The Bertz CT molecular complexity index is 845. The lowest BCUT2D eigenvalue weighted by Crippen LogP contribution is -2.37. The van der Waals surface area contributed by atoms with Crippen molar-refractivity contribution in [2.75, 3.05) is 6.61 Å². The van der Waals surface area contributed by atoms with Crippen molar-refractivity contribution in [2.24, 2.45) is 10.9 Å². The molecule has 0 radical (unpaired) electrons. The molecule has 2 atom stereocenters. The largest absolute Gasteiger partial charge is 0.465 e. The first-order valence-electron chi connectivity index (χ1n) is 7.70. The van der Waals surface area contributed by atoms with Crippen LogP contribution >= 0.6 is 0 Å². The van der Waals surface area contributed by atoms with Crippen molar-refractivity contribution in [3.63, 3.8) is 0 Å². The summed E-state index contributed by atoms with van der Waals surface area (Å²) in [6, 6.07) is 8.80. The Kier molecular flexibility index (Phi) is 4.13. The van der Waals surface area contributed by atoms with Gasteiger partial charge in [0.05, 0.1) is 24.3 Å². The van der Waals surface area contributed by atoms with Crippen LogP contribution in [0.5, 0.6) is 0 Å². The predicted octanol–water partition coefficient (Wildman–Crippen LogP) is 2.33. The summed E-state index contributed by atoms with van der Waals surface area (Å²) in [5.74, 6) is 0.142. The smallest absolute Gasteiger partial charge is 0.317 e. The van der Waals surface area contributed by atoms with E-state index < -0.39 is 12.0 Å². The first-order valence-corrected chi connectivity index (χ1v) is 7.70. The zero-order valence-electron chi connectivity index (χ0n) is 13.7. The van der Waals surface area contributed by atoms with Crippen LogP contribution in [0.1, 0.15) is 36.8 Å². The van der Waals surface area contributed by atoms with Gasteiger partial charge in [0.1, 0.15) is 11.7 Å². The molecule has 1 aromatic carbocycles. The second-order valence-electron chi connectivity index (χ2n) is 5.57. The van der Waals surface area contributed by atoms with E-state index in [0.29, 0.717) is 29.7 Å². The number of nitrogens with zero attached hydrogens (tertiary/aromatic N) is 5. The molecule has 0 N–H and O–H groups in total. The van der Waals surface area contributed by atoms with Crippen molar-refractivity contribution in [2.45, 2.75) is 26.8 Å². The van der Waals surface area contributed by atoms with Gasteiger partial charge in [-0.25, -0.2) is 9.67 Å². The van der Waals surface area contributed by atoms with Crippen LogP contribution in [0.25, 0.3) is 0 Å². The maximum atomic E-state index is 12.5. The molecule has 0 fully saturated rings. The zero-order chi connectivity index (χ0) is 17.3. The molecule has 7 nitrogen and oxygen atoms in total. The van der Waals surface area contributed by atoms with E-state index in [0.717, 1.165) is 5.56 Å². The van der Waals surface area contributed by atoms with Crippen LogP contribution in [-0.2, 0) is 9.53 Å². The van der Waals surface area contributed by atoms with Crippen molar-refractivity contribution in [1.29, 1.82) is 5.26 Å². The van der Waals surface area contributed by atoms with Gasteiger partial charge in [0.25, 0.3) is 0 Å². The quantitative estimate of drug-likeness (QED) is 0.808. The molecule has 0 aliphatic carbocycles. The number of aliphatic imine (C=N–C) groups is 1. The third-order valence-corrected chi connectivity index (χ3v) is 3.95. The molecule has 0 bridgehead atoms. The fraction of sp³-hybridized carbons (Fsp3) is 0.353. The number of ether oxygens (including phenoxy) is 1. The molecular weight excluding hydrogens is 306 g/mol. The zero-order valence-corrected chi connectivity index (χ0v) is 13.7. The number of rotatable bonds is 3. The molecule has 1 aliphatic rings. The molecule has 0 amide bonds. The number of carbonyl (C=O) groups is 1. The van der Waals surface area contributed by atoms with Gasteiger partial charge in [-0.15, -0.1) is 0 Å². The molecule has 1 aromatic heterocycles. The van der Waals surface area contributed by atoms with E-state index in [-0.39, 0.29) is 5.97 Å².